The fraction of sp³-hybridized carbons (Fsp3) is 0.929. The Morgan fingerprint density at radius 3 is 1.51 bits per heavy atom. The Morgan fingerprint density at radius 2 is 1.00 bits per heavy atom. The Balaban J connectivity index is 2.36. The molecule has 1 saturated carbocycles. The highest BCUT2D eigenvalue weighted by atomic mass is 31.2. The lowest BCUT2D eigenvalue weighted by molar-refractivity contribution is -0.220. The van der Waals surface area contributed by atoms with Gasteiger partial charge in [0.15, 0.2) is 0 Å². The third kappa shape index (κ3) is 26.7. The van der Waals surface area contributed by atoms with Gasteiger partial charge < -0.3 is 39.9 Å². The molecular weight excluding hydrogens is 727 g/mol. The van der Waals surface area contributed by atoms with Crippen LogP contribution in [0.2, 0.25) is 0 Å². The minimum absolute atomic E-state index is 0.0749. The van der Waals surface area contributed by atoms with Crippen LogP contribution in [-0.4, -0.2) is 98.9 Å². The summed E-state index contributed by atoms with van der Waals surface area (Å²) in [5.41, 5.74) is 0. The van der Waals surface area contributed by atoms with Crippen LogP contribution in [0.25, 0.3) is 0 Å². The first-order valence-electron chi connectivity index (χ1n) is 22.0. The van der Waals surface area contributed by atoms with Crippen molar-refractivity contribution in [1.29, 1.82) is 0 Å². The third-order valence-electron chi connectivity index (χ3n) is 10.4. The van der Waals surface area contributed by atoms with Crippen LogP contribution < -0.4 is 0 Å². The predicted octanol–water partition coefficient (Wildman–Crippen LogP) is 8.36. The van der Waals surface area contributed by atoms with Crippen LogP contribution in [0.3, 0.4) is 0 Å². The third-order valence-corrected chi connectivity index (χ3v) is 11.4. The first kappa shape index (κ1) is 52.1. The zero-order valence-corrected chi connectivity index (χ0v) is 35.4. The number of phosphoric acid groups is 1. The Hall–Kier alpha value is -0.920. The van der Waals surface area contributed by atoms with E-state index in [2.05, 4.69) is 26.0 Å². The topological polar surface area (TPSA) is 192 Å². The van der Waals surface area contributed by atoms with Gasteiger partial charge in [0.05, 0.1) is 13.2 Å². The number of hydrogen-bond acceptors (Lipinski definition) is 11. The van der Waals surface area contributed by atoms with E-state index in [1.807, 2.05) is 0 Å². The quantitative estimate of drug-likeness (QED) is 0.0152. The maximum atomic E-state index is 12.8. The molecule has 12 nitrogen and oxygen atoms in total. The molecule has 1 fully saturated rings. The molecule has 0 amide bonds. The summed E-state index contributed by atoms with van der Waals surface area (Å²) < 4.78 is 34.1. The molecule has 6 atom stereocenters. The van der Waals surface area contributed by atoms with Crippen LogP contribution >= 0.6 is 7.82 Å². The summed E-state index contributed by atoms with van der Waals surface area (Å²) in [4.78, 5) is 23.0. The number of esters is 1. The number of ether oxygens (including phenoxy) is 2. The monoisotopic (exact) mass is 809 g/mol. The van der Waals surface area contributed by atoms with Gasteiger partial charge in [0.1, 0.15) is 42.7 Å². The largest absolute Gasteiger partial charge is 0.472 e. The van der Waals surface area contributed by atoms with Crippen LogP contribution in [0.15, 0.2) is 12.2 Å². The van der Waals surface area contributed by atoms with Crippen molar-refractivity contribution < 1.29 is 58.3 Å². The zero-order valence-electron chi connectivity index (χ0n) is 34.5. The van der Waals surface area contributed by atoms with Gasteiger partial charge in [-0.15, -0.1) is 0 Å². The van der Waals surface area contributed by atoms with E-state index in [0.29, 0.717) is 13.0 Å². The molecule has 0 aromatic heterocycles. The molecule has 1 aliphatic carbocycles. The molecule has 0 heterocycles. The Bertz CT molecular complexity index is 968. The van der Waals surface area contributed by atoms with Gasteiger partial charge in [0, 0.05) is 13.0 Å². The summed E-state index contributed by atoms with van der Waals surface area (Å²) in [6.07, 6.45) is 23.0. The first-order valence-corrected chi connectivity index (χ1v) is 23.5. The Labute approximate surface area is 333 Å². The van der Waals surface area contributed by atoms with Crippen molar-refractivity contribution in [3.05, 3.63) is 12.2 Å². The van der Waals surface area contributed by atoms with Gasteiger partial charge in [-0.05, 0) is 32.1 Å². The van der Waals surface area contributed by atoms with Crippen LogP contribution in [0.4, 0.5) is 0 Å². The van der Waals surface area contributed by atoms with E-state index in [4.69, 9.17) is 18.5 Å². The van der Waals surface area contributed by atoms with E-state index in [9.17, 15) is 39.8 Å². The van der Waals surface area contributed by atoms with Gasteiger partial charge in [-0.3, -0.25) is 13.8 Å². The van der Waals surface area contributed by atoms with Gasteiger partial charge in [0.2, 0.25) is 0 Å². The second-order valence-corrected chi connectivity index (χ2v) is 17.0. The summed E-state index contributed by atoms with van der Waals surface area (Å²) in [5.74, 6) is -0.486. The summed E-state index contributed by atoms with van der Waals surface area (Å²) in [5, 5.41) is 50.0. The van der Waals surface area contributed by atoms with Crippen LogP contribution in [0, 0.1) is 0 Å². The molecule has 0 bridgehead atoms. The van der Waals surface area contributed by atoms with Crippen molar-refractivity contribution in [2.75, 3.05) is 19.8 Å². The zero-order chi connectivity index (χ0) is 40.6. The standard InChI is InChI=1S/C42H81O12P/c1-3-5-7-9-11-13-15-16-17-18-19-20-21-22-24-26-28-30-32-51-33-35(53-36(43)31-29-27-25-23-14-12-10-8-6-4-2)34-52-55(49,50)54-42-40(47)38(45)37(44)39(46)41(42)48/h8,10,35,37-42,44-48H,3-7,9,11-34H2,1-2H3,(H,49,50)/b10-8-. The summed E-state index contributed by atoms with van der Waals surface area (Å²) >= 11 is 0. The first-order chi connectivity index (χ1) is 26.5. The van der Waals surface area contributed by atoms with Crippen LogP contribution in [0.5, 0.6) is 0 Å². The number of carbonyl (C=O) groups excluding carboxylic acids is 1. The molecule has 0 saturated heterocycles. The highest BCUT2D eigenvalue weighted by molar-refractivity contribution is 7.47. The van der Waals surface area contributed by atoms with Gasteiger partial charge in [0.25, 0.3) is 0 Å². The molecule has 1 aliphatic rings. The summed E-state index contributed by atoms with van der Waals surface area (Å²) in [7, 11) is -5.01. The molecule has 0 aromatic carbocycles. The average Bonchev–Trinajstić information content (AvgIpc) is 3.17. The fourth-order valence-corrected chi connectivity index (χ4v) is 7.80. The van der Waals surface area contributed by atoms with Crippen molar-refractivity contribution in [2.45, 2.75) is 230 Å². The molecule has 55 heavy (non-hydrogen) atoms. The lowest BCUT2D eigenvalue weighted by atomic mass is 9.85. The highest BCUT2D eigenvalue weighted by Crippen LogP contribution is 2.47. The maximum absolute atomic E-state index is 12.8. The smallest absolute Gasteiger partial charge is 0.457 e. The Kier molecular flexibility index (Phi) is 32.2. The van der Waals surface area contributed by atoms with E-state index in [1.165, 1.54) is 96.3 Å². The van der Waals surface area contributed by atoms with Gasteiger partial charge in [-0.2, -0.15) is 0 Å². The van der Waals surface area contributed by atoms with E-state index in [-0.39, 0.29) is 13.0 Å². The van der Waals surface area contributed by atoms with E-state index < -0.39 is 63.1 Å². The van der Waals surface area contributed by atoms with Crippen molar-refractivity contribution in [3.8, 4) is 0 Å². The maximum Gasteiger partial charge on any atom is 0.472 e. The van der Waals surface area contributed by atoms with E-state index in [0.717, 1.165) is 64.2 Å². The number of allylic oxidation sites excluding steroid dienone is 2. The number of aliphatic hydroxyl groups excluding tert-OH is 5. The highest BCUT2D eigenvalue weighted by Gasteiger charge is 2.51. The fourth-order valence-electron chi connectivity index (χ4n) is 6.83. The number of phosphoric ester groups is 1. The number of unbranched alkanes of at least 4 members (excludes halogenated alkanes) is 23. The summed E-state index contributed by atoms with van der Waals surface area (Å²) in [6, 6.07) is 0. The van der Waals surface area contributed by atoms with Gasteiger partial charge in [-0.25, -0.2) is 4.57 Å². The molecule has 6 unspecified atom stereocenters. The molecule has 0 spiro atoms. The van der Waals surface area contributed by atoms with Crippen LogP contribution in [-0.2, 0) is 27.9 Å². The lowest BCUT2D eigenvalue weighted by Gasteiger charge is -2.41. The molecule has 0 aromatic rings. The normalized spacial score (nSPS) is 23.3. The molecule has 326 valence electrons. The minimum Gasteiger partial charge on any atom is -0.457 e. The molecule has 0 aliphatic heterocycles. The SMILES string of the molecule is CCC/C=C\CCCCCCCC(=O)OC(COCCCCCCCCCCCCCCCCCCCC)COP(=O)(O)OC1C(O)C(O)C(O)C(O)C1O. The van der Waals surface area contributed by atoms with Crippen molar-refractivity contribution in [2.24, 2.45) is 0 Å². The van der Waals surface area contributed by atoms with Crippen molar-refractivity contribution >= 4 is 13.8 Å². The molecule has 13 heteroatoms. The number of hydrogen-bond donors (Lipinski definition) is 6. The average molecular weight is 809 g/mol. The van der Waals surface area contributed by atoms with Crippen molar-refractivity contribution in [1.82, 2.24) is 0 Å². The van der Waals surface area contributed by atoms with Gasteiger partial charge >= 0.3 is 13.8 Å². The van der Waals surface area contributed by atoms with Crippen molar-refractivity contribution in [3.63, 3.8) is 0 Å². The van der Waals surface area contributed by atoms with E-state index >= 15 is 0 Å². The van der Waals surface area contributed by atoms with Gasteiger partial charge in [-0.1, -0.05) is 161 Å². The van der Waals surface area contributed by atoms with E-state index in [1.54, 1.807) is 0 Å². The Morgan fingerprint density at radius 1 is 0.564 bits per heavy atom. The van der Waals surface area contributed by atoms with Crippen LogP contribution in [0.1, 0.15) is 187 Å². The lowest BCUT2D eigenvalue weighted by Crippen LogP contribution is -2.64. The summed E-state index contributed by atoms with van der Waals surface area (Å²) in [6.45, 7) is 4.19. The molecular formula is C42H81O12P. The molecule has 6 N–H and O–H groups in total. The number of rotatable bonds is 37. The number of carbonyl (C=O) groups is 1. The second kappa shape index (κ2) is 34.0. The molecule has 1 rings (SSSR count). The predicted molar refractivity (Wildman–Crippen MR) is 217 cm³/mol. The number of aliphatic hydroxyl groups is 5. The minimum atomic E-state index is -5.01. The molecule has 0 radical (unpaired) electrons. The second-order valence-electron chi connectivity index (χ2n) is 15.6.